The van der Waals surface area contributed by atoms with Crippen molar-refractivity contribution in [3.05, 3.63) is 64.6 Å². The predicted octanol–water partition coefficient (Wildman–Crippen LogP) is 5.77. The highest BCUT2D eigenvalue weighted by Crippen LogP contribution is 2.27. The minimum Gasteiger partial charge on any atom is -0.352 e. The van der Waals surface area contributed by atoms with Gasteiger partial charge in [0.2, 0.25) is 0 Å². The van der Waals surface area contributed by atoms with E-state index in [1.165, 1.54) is 25.7 Å². The topological polar surface area (TPSA) is 75.3 Å². The summed E-state index contributed by atoms with van der Waals surface area (Å²) in [4.78, 5) is 35.8. The molecule has 1 heterocycles. The number of hydrogen-bond acceptors (Lipinski definition) is 4. The van der Waals surface area contributed by atoms with Crippen molar-refractivity contribution < 1.29 is 14.4 Å². The molecule has 0 spiro atoms. The number of nitrogens with one attached hydrogen (secondary N) is 2. The molecule has 0 aromatic heterocycles. The van der Waals surface area contributed by atoms with E-state index in [-0.39, 0.29) is 17.1 Å². The Labute approximate surface area is 187 Å². The Morgan fingerprint density at radius 3 is 2.42 bits per heavy atom. The Hall–Kier alpha value is -2.86. The smallest absolute Gasteiger partial charge is 0.290 e. The van der Waals surface area contributed by atoms with Crippen molar-refractivity contribution in [1.29, 1.82) is 0 Å². The zero-order valence-electron chi connectivity index (χ0n) is 17.8. The fraction of sp³-hybridized carbons (Fsp3) is 0.320. The molecule has 1 aliphatic heterocycles. The maximum atomic E-state index is 12.5. The average molecular weight is 437 g/mol. The van der Waals surface area contributed by atoms with Gasteiger partial charge in [-0.15, -0.1) is 0 Å². The van der Waals surface area contributed by atoms with Crippen LogP contribution < -0.4 is 10.6 Å². The monoisotopic (exact) mass is 436 g/mol. The van der Waals surface area contributed by atoms with E-state index in [0.29, 0.717) is 17.0 Å². The summed E-state index contributed by atoms with van der Waals surface area (Å²) in [6, 6.07) is 15.2. The van der Waals surface area contributed by atoms with Crippen LogP contribution in [-0.2, 0) is 4.79 Å². The first kappa shape index (κ1) is 22.8. The fourth-order valence-electron chi connectivity index (χ4n) is 3.39. The van der Waals surface area contributed by atoms with Gasteiger partial charge in [-0.1, -0.05) is 75.4 Å². The zero-order chi connectivity index (χ0) is 22.1. The molecule has 2 aromatic carbocycles. The summed E-state index contributed by atoms with van der Waals surface area (Å²) >= 11 is 0.904. The number of unbranched alkanes of at least 4 members (excludes halogenated alkanes) is 5. The molecule has 162 valence electrons. The van der Waals surface area contributed by atoms with Gasteiger partial charge in [0, 0.05) is 12.1 Å². The summed E-state index contributed by atoms with van der Waals surface area (Å²) in [7, 11) is 0. The minimum atomic E-state index is -0.362. The molecule has 3 amide bonds. The molecule has 0 aliphatic carbocycles. The lowest BCUT2D eigenvalue weighted by Crippen LogP contribution is -2.24. The Morgan fingerprint density at radius 2 is 1.71 bits per heavy atom. The fourth-order valence-corrected chi connectivity index (χ4v) is 4.08. The van der Waals surface area contributed by atoms with Gasteiger partial charge in [-0.3, -0.25) is 19.7 Å². The van der Waals surface area contributed by atoms with Crippen LogP contribution in [-0.4, -0.2) is 23.6 Å². The van der Waals surface area contributed by atoms with E-state index < -0.39 is 0 Å². The molecule has 2 aromatic rings. The number of imide groups is 1. The molecule has 0 bridgehead atoms. The molecule has 6 heteroatoms. The van der Waals surface area contributed by atoms with E-state index in [2.05, 4.69) is 17.6 Å². The molecule has 5 nitrogen and oxygen atoms in total. The van der Waals surface area contributed by atoms with Gasteiger partial charge < -0.3 is 5.32 Å². The normalized spacial score (nSPS) is 14.7. The van der Waals surface area contributed by atoms with Crippen molar-refractivity contribution in [2.45, 2.75) is 45.4 Å². The SMILES string of the molecule is CCCCCCCCNC(=O)c1cccc(-c2ccc(/C=C3/SC(=O)NC3=O)cc2)c1. The number of hydrogen-bond donors (Lipinski definition) is 2. The first-order valence-electron chi connectivity index (χ1n) is 10.8. The quantitative estimate of drug-likeness (QED) is 0.366. The van der Waals surface area contributed by atoms with Crippen LogP contribution in [0.1, 0.15) is 61.4 Å². The average Bonchev–Trinajstić information content (AvgIpc) is 3.10. The molecular formula is C25H28N2O3S. The van der Waals surface area contributed by atoms with Crippen molar-refractivity contribution in [2.24, 2.45) is 0 Å². The lowest BCUT2D eigenvalue weighted by atomic mass is 10.0. The van der Waals surface area contributed by atoms with E-state index >= 15 is 0 Å². The van der Waals surface area contributed by atoms with Gasteiger partial charge in [-0.2, -0.15) is 0 Å². The summed E-state index contributed by atoms with van der Waals surface area (Å²) in [6.07, 6.45) is 8.88. The first-order chi connectivity index (χ1) is 15.1. The van der Waals surface area contributed by atoms with Crippen molar-refractivity contribution in [3.63, 3.8) is 0 Å². The van der Waals surface area contributed by atoms with E-state index in [0.717, 1.165) is 41.3 Å². The Morgan fingerprint density at radius 1 is 0.968 bits per heavy atom. The van der Waals surface area contributed by atoms with Gasteiger partial charge in [0.15, 0.2) is 0 Å². The Kier molecular flexibility index (Phi) is 8.47. The van der Waals surface area contributed by atoms with Crippen LogP contribution in [0, 0.1) is 0 Å². The molecule has 0 saturated carbocycles. The molecule has 3 rings (SSSR count). The molecule has 0 radical (unpaired) electrons. The highest BCUT2D eigenvalue weighted by Gasteiger charge is 2.24. The van der Waals surface area contributed by atoms with Crippen molar-refractivity contribution in [1.82, 2.24) is 10.6 Å². The van der Waals surface area contributed by atoms with Crippen LogP contribution in [0.5, 0.6) is 0 Å². The van der Waals surface area contributed by atoms with E-state index in [4.69, 9.17) is 0 Å². The first-order valence-corrected chi connectivity index (χ1v) is 11.6. The zero-order valence-corrected chi connectivity index (χ0v) is 18.6. The predicted molar refractivity (Wildman–Crippen MR) is 127 cm³/mol. The third-order valence-electron chi connectivity index (χ3n) is 5.12. The third kappa shape index (κ3) is 6.82. The standard InChI is InChI=1S/C25H28N2O3S/c1-2-3-4-5-6-7-15-26-23(28)21-10-8-9-20(17-21)19-13-11-18(12-14-19)16-22-24(29)27-25(30)31-22/h8-14,16-17H,2-7,15H2,1H3,(H,26,28)(H,27,29,30)/b22-16+. The van der Waals surface area contributed by atoms with Crippen molar-refractivity contribution >= 4 is 34.9 Å². The highest BCUT2D eigenvalue weighted by atomic mass is 32.2. The Bertz CT molecular complexity index is 967. The molecule has 31 heavy (non-hydrogen) atoms. The molecular weight excluding hydrogens is 408 g/mol. The van der Waals surface area contributed by atoms with Crippen molar-refractivity contribution in [3.8, 4) is 11.1 Å². The molecule has 0 atom stereocenters. The van der Waals surface area contributed by atoms with E-state index in [9.17, 15) is 14.4 Å². The van der Waals surface area contributed by atoms with Crippen LogP contribution in [0.2, 0.25) is 0 Å². The summed E-state index contributed by atoms with van der Waals surface area (Å²) in [6.45, 7) is 2.91. The third-order valence-corrected chi connectivity index (χ3v) is 5.94. The number of amides is 3. The molecule has 1 saturated heterocycles. The Balaban J connectivity index is 1.57. The second-order valence-corrected chi connectivity index (χ2v) is 8.59. The summed E-state index contributed by atoms with van der Waals surface area (Å²) in [5.74, 6) is -0.413. The number of benzene rings is 2. The van der Waals surface area contributed by atoms with Gasteiger partial charge >= 0.3 is 0 Å². The second kappa shape index (κ2) is 11.5. The number of carbonyl (C=O) groups is 3. The lowest BCUT2D eigenvalue weighted by molar-refractivity contribution is -0.115. The van der Waals surface area contributed by atoms with Gasteiger partial charge in [-0.05, 0) is 53.1 Å². The summed E-state index contributed by atoms with van der Waals surface area (Å²) in [5, 5.41) is 4.91. The number of thioether (sulfide) groups is 1. The van der Waals surface area contributed by atoms with Crippen molar-refractivity contribution in [2.75, 3.05) is 6.54 Å². The summed E-state index contributed by atoms with van der Waals surface area (Å²) < 4.78 is 0. The maximum absolute atomic E-state index is 12.5. The van der Waals surface area contributed by atoms with Crippen LogP contribution in [0.4, 0.5) is 4.79 Å². The largest absolute Gasteiger partial charge is 0.352 e. The van der Waals surface area contributed by atoms with Gasteiger partial charge in [0.1, 0.15) is 0 Å². The van der Waals surface area contributed by atoms with E-state index in [1.807, 2.05) is 48.5 Å². The van der Waals surface area contributed by atoms with Crippen LogP contribution in [0.15, 0.2) is 53.4 Å². The summed E-state index contributed by atoms with van der Waals surface area (Å²) in [5.41, 5.74) is 3.41. The van der Waals surface area contributed by atoms with Crippen LogP contribution in [0.3, 0.4) is 0 Å². The van der Waals surface area contributed by atoms with Crippen LogP contribution >= 0.6 is 11.8 Å². The van der Waals surface area contributed by atoms with Gasteiger partial charge in [0.25, 0.3) is 17.1 Å². The van der Waals surface area contributed by atoms with Gasteiger partial charge in [-0.25, -0.2) is 0 Å². The number of carbonyl (C=O) groups excluding carboxylic acids is 3. The molecule has 0 unspecified atom stereocenters. The molecule has 2 N–H and O–H groups in total. The maximum Gasteiger partial charge on any atom is 0.290 e. The second-order valence-electron chi connectivity index (χ2n) is 7.58. The molecule has 1 aliphatic rings. The lowest BCUT2D eigenvalue weighted by Gasteiger charge is -2.08. The minimum absolute atomic E-state index is 0.0503. The number of rotatable bonds is 10. The van der Waals surface area contributed by atoms with Gasteiger partial charge in [0.05, 0.1) is 4.91 Å². The highest BCUT2D eigenvalue weighted by molar-refractivity contribution is 8.18. The molecule has 1 fully saturated rings. The van der Waals surface area contributed by atoms with E-state index in [1.54, 1.807) is 6.08 Å². The van der Waals surface area contributed by atoms with Crippen LogP contribution in [0.25, 0.3) is 17.2 Å².